The predicted molar refractivity (Wildman–Crippen MR) is 47.4 cm³/mol. The topological polar surface area (TPSA) is 43.9 Å². The van der Waals surface area contributed by atoms with Crippen LogP contribution < -0.4 is 0 Å². The van der Waals surface area contributed by atoms with Crippen molar-refractivity contribution in [1.29, 1.82) is 0 Å². The zero-order chi connectivity index (χ0) is 9.10. The van der Waals surface area contributed by atoms with Gasteiger partial charge in [0, 0.05) is 0 Å². The summed E-state index contributed by atoms with van der Waals surface area (Å²) >= 11 is 5.58. The van der Waals surface area contributed by atoms with Crippen LogP contribution in [-0.2, 0) is 12.4 Å². The van der Waals surface area contributed by atoms with Gasteiger partial charge in [-0.05, 0) is 12.1 Å². The average molecular weight is 198 g/mol. The van der Waals surface area contributed by atoms with Gasteiger partial charge in [0.25, 0.3) is 0 Å². The minimum Gasteiger partial charge on any atom is -0.467 e. The third-order valence-electron chi connectivity index (χ3n) is 1.62. The summed E-state index contributed by atoms with van der Waals surface area (Å²) in [5, 5.41) is 7.74. The fraction of sp³-hybridized carbons (Fsp3) is 0.250. The van der Waals surface area contributed by atoms with Crippen molar-refractivity contribution in [2.75, 3.05) is 0 Å². The van der Waals surface area contributed by atoms with Crippen LogP contribution in [0.2, 0.25) is 0 Å². The molecule has 0 saturated heterocycles. The van der Waals surface area contributed by atoms with Crippen molar-refractivity contribution >= 4 is 11.6 Å². The second kappa shape index (κ2) is 3.62. The van der Waals surface area contributed by atoms with Crippen LogP contribution in [0.5, 0.6) is 0 Å². The van der Waals surface area contributed by atoms with E-state index in [-0.39, 0.29) is 0 Å². The quantitative estimate of drug-likeness (QED) is 0.703. The first-order valence-corrected chi connectivity index (χ1v) is 4.39. The van der Waals surface area contributed by atoms with Crippen LogP contribution in [0.4, 0.5) is 0 Å². The maximum Gasteiger partial charge on any atom is 0.125 e. The number of rotatable bonds is 3. The highest BCUT2D eigenvalue weighted by Crippen LogP contribution is 2.03. The van der Waals surface area contributed by atoms with Gasteiger partial charge in [0.15, 0.2) is 0 Å². The van der Waals surface area contributed by atoms with Crippen molar-refractivity contribution in [3.05, 3.63) is 36.0 Å². The summed E-state index contributed by atoms with van der Waals surface area (Å²) in [4.78, 5) is 0. The highest BCUT2D eigenvalue weighted by Gasteiger charge is 2.01. The Bertz CT molecular complexity index is 368. The molecule has 0 saturated carbocycles. The molecule has 2 aromatic heterocycles. The number of hydrogen-bond donors (Lipinski definition) is 0. The Morgan fingerprint density at radius 1 is 1.54 bits per heavy atom. The molecule has 0 bridgehead atoms. The van der Waals surface area contributed by atoms with Crippen LogP contribution in [0.15, 0.2) is 29.0 Å². The number of aromatic nitrogens is 3. The van der Waals surface area contributed by atoms with Crippen molar-refractivity contribution in [1.82, 2.24) is 15.0 Å². The molecule has 0 aliphatic heterocycles. The molecule has 0 fully saturated rings. The summed E-state index contributed by atoms with van der Waals surface area (Å²) in [6.07, 6.45) is 3.43. The first-order chi connectivity index (χ1) is 6.38. The fourth-order valence-electron chi connectivity index (χ4n) is 1.04. The van der Waals surface area contributed by atoms with Crippen LogP contribution in [0.25, 0.3) is 0 Å². The molecule has 0 atom stereocenters. The molecule has 2 rings (SSSR count). The van der Waals surface area contributed by atoms with Gasteiger partial charge in [0.1, 0.15) is 12.3 Å². The van der Waals surface area contributed by atoms with E-state index in [1.807, 2.05) is 12.1 Å². The van der Waals surface area contributed by atoms with E-state index in [9.17, 15) is 0 Å². The lowest BCUT2D eigenvalue weighted by molar-refractivity contribution is 0.475. The lowest BCUT2D eigenvalue weighted by Gasteiger charge is -1.93. The minimum absolute atomic E-state index is 0.387. The van der Waals surface area contributed by atoms with E-state index in [0.717, 1.165) is 11.5 Å². The second-order valence-electron chi connectivity index (χ2n) is 2.62. The van der Waals surface area contributed by atoms with E-state index >= 15 is 0 Å². The van der Waals surface area contributed by atoms with Gasteiger partial charge in [-0.25, -0.2) is 4.68 Å². The molecule has 0 amide bonds. The maximum absolute atomic E-state index is 5.58. The maximum atomic E-state index is 5.58. The van der Waals surface area contributed by atoms with Crippen molar-refractivity contribution < 1.29 is 4.42 Å². The smallest absolute Gasteiger partial charge is 0.125 e. The number of halogens is 1. The number of alkyl halides is 1. The average Bonchev–Trinajstić information content (AvgIpc) is 2.76. The zero-order valence-corrected chi connectivity index (χ0v) is 7.61. The van der Waals surface area contributed by atoms with E-state index in [1.165, 1.54) is 0 Å². The first kappa shape index (κ1) is 8.31. The standard InChI is InChI=1S/C8H8ClN3O/c9-4-7-5-12(11-10-7)6-8-2-1-3-13-8/h1-3,5H,4,6H2. The summed E-state index contributed by atoms with van der Waals surface area (Å²) in [5.41, 5.74) is 0.772. The Balaban J connectivity index is 2.10. The van der Waals surface area contributed by atoms with E-state index in [2.05, 4.69) is 10.3 Å². The van der Waals surface area contributed by atoms with E-state index in [1.54, 1.807) is 17.1 Å². The number of hydrogen-bond acceptors (Lipinski definition) is 3. The zero-order valence-electron chi connectivity index (χ0n) is 6.85. The molecule has 5 heteroatoms. The van der Waals surface area contributed by atoms with Gasteiger partial charge in [-0.1, -0.05) is 5.21 Å². The third kappa shape index (κ3) is 1.89. The highest BCUT2D eigenvalue weighted by molar-refractivity contribution is 6.16. The lowest BCUT2D eigenvalue weighted by Crippen LogP contribution is -1.98. The Hall–Kier alpha value is -1.29. The van der Waals surface area contributed by atoms with Crippen LogP contribution in [0, 0.1) is 0 Å². The van der Waals surface area contributed by atoms with Crippen LogP contribution in [0.1, 0.15) is 11.5 Å². The Morgan fingerprint density at radius 2 is 2.46 bits per heavy atom. The van der Waals surface area contributed by atoms with Gasteiger partial charge >= 0.3 is 0 Å². The molecule has 0 aliphatic carbocycles. The van der Waals surface area contributed by atoms with E-state index < -0.39 is 0 Å². The van der Waals surface area contributed by atoms with Gasteiger partial charge in [0.05, 0.1) is 24.0 Å². The third-order valence-corrected chi connectivity index (χ3v) is 1.89. The van der Waals surface area contributed by atoms with E-state index in [0.29, 0.717) is 12.4 Å². The van der Waals surface area contributed by atoms with Crippen molar-refractivity contribution in [2.45, 2.75) is 12.4 Å². The number of furan rings is 1. The van der Waals surface area contributed by atoms with Gasteiger partial charge in [-0.2, -0.15) is 0 Å². The normalized spacial score (nSPS) is 10.5. The fourth-order valence-corrected chi connectivity index (χ4v) is 1.16. The largest absolute Gasteiger partial charge is 0.467 e. The Labute approximate surface area is 80.1 Å². The van der Waals surface area contributed by atoms with E-state index in [4.69, 9.17) is 16.0 Å². The molecule has 68 valence electrons. The molecular formula is C8H8ClN3O. The van der Waals surface area contributed by atoms with Gasteiger partial charge < -0.3 is 4.42 Å². The van der Waals surface area contributed by atoms with Crippen molar-refractivity contribution in [2.24, 2.45) is 0 Å². The Kier molecular flexibility index (Phi) is 2.31. The van der Waals surface area contributed by atoms with Crippen LogP contribution in [0.3, 0.4) is 0 Å². The lowest BCUT2D eigenvalue weighted by atomic mass is 10.4. The number of nitrogens with zero attached hydrogens (tertiary/aromatic N) is 3. The molecule has 2 heterocycles. The molecule has 0 radical (unpaired) electrons. The highest BCUT2D eigenvalue weighted by atomic mass is 35.5. The van der Waals surface area contributed by atoms with Gasteiger partial charge in [-0.3, -0.25) is 0 Å². The summed E-state index contributed by atoms with van der Waals surface area (Å²) in [7, 11) is 0. The SMILES string of the molecule is ClCc1cn(Cc2ccco2)nn1. The molecular weight excluding hydrogens is 190 g/mol. The summed E-state index contributed by atoms with van der Waals surface area (Å²) in [5.74, 6) is 1.24. The summed E-state index contributed by atoms with van der Waals surface area (Å²) < 4.78 is 6.85. The van der Waals surface area contributed by atoms with Crippen LogP contribution in [-0.4, -0.2) is 15.0 Å². The van der Waals surface area contributed by atoms with Crippen LogP contribution >= 0.6 is 11.6 Å². The van der Waals surface area contributed by atoms with Crippen molar-refractivity contribution in [3.63, 3.8) is 0 Å². The molecule has 0 aromatic carbocycles. The molecule has 0 unspecified atom stereocenters. The van der Waals surface area contributed by atoms with Gasteiger partial charge in [-0.15, -0.1) is 16.7 Å². The molecule has 2 aromatic rings. The first-order valence-electron chi connectivity index (χ1n) is 3.86. The molecule has 0 N–H and O–H groups in total. The summed E-state index contributed by atoms with van der Waals surface area (Å²) in [6.45, 7) is 0.594. The molecule has 0 aliphatic rings. The predicted octanol–water partition coefficient (Wildman–Crippen LogP) is 1.66. The van der Waals surface area contributed by atoms with Crippen molar-refractivity contribution in [3.8, 4) is 0 Å². The molecule has 0 spiro atoms. The summed E-state index contributed by atoms with van der Waals surface area (Å²) in [6, 6.07) is 3.73. The monoisotopic (exact) mass is 197 g/mol. The Morgan fingerprint density at radius 3 is 3.08 bits per heavy atom. The molecule has 13 heavy (non-hydrogen) atoms. The minimum atomic E-state index is 0.387. The second-order valence-corrected chi connectivity index (χ2v) is 2.89. The molecule has 4 nitrogen and oxygen atoms in total. The van der Waals surface area contributed by atoms with Gasteiger partial charge in [0.2, 0.25) is 0 Å².